The van der Waals surface area contributed by atoms with Gasteiger partial charge in [0.1, 0.15) is 0 Å². The van der Waals surface area contributed by atoms with Gasteiger partial charge >= 0.3 is 11.9 Å². The van der Waals surface area contributed by atoms with Gasteiger partial charge in [0.25, 0.3) is 0 Å². The van der Waals surface area contributed by atoms with Crippen molar-refractivity contribution in [2.75, 3.05) is 0 Å². The molecule has 88 valence electrons. The fourth-order valence-electron chi connectivity index (χ4n) is 1.53. The number of rotatable bonds is 2. The molecule has 0 aliphatic carbocycles. The third-order valence-corrected chi connectivity index (χ3v) is 2.12. The standard InChI is InChI=1S/C12H11NO4/c1-7(14)16-11-5-9-3-4-13-10(9)6-12(11)17-8(2)15/h3-6,13H,1-2H3. The predicted octanol–water partition coefficient (Wildman–Crippen LogP) is 2.02. The summed E-state index contributed by atoms with van der Waals surface area (Å²) in [5, 5.41) is 0.872. The molecule has 0 aliphatic rings. The van der Waals surface area contributed by atoms with E-state index in [1.807, 2.05) is 6.07 Å². The molecule has 1 aromatic heterocycles. The average molecular weight is 233 g/mol. The molecular weight excluding hydrogens is 222 g/mol. The summed E-state index contributed by atoms with van der Waals surface area (Å²) in [5.74, 6) is -0.472. The SMILES string of the molecule is CC(=O)Oc1cc2cc[nH]c2cc1OC(C)=O. The second-order valence-corrected chi connectivity index (χ2v) is 3.55. The van der Waals surface area contributed by atoms with Crippen molar-refractivity contribution >= 4 is 22.8 Å². The highest BCUT2D eigenvalue weighted by Gasteiger charge is 2.12. The number of fused-ring (bicyclic) bond motifs is 1. The molecule has 0 fully saturated rings. The van der Waals surface area contributed by atoms with Crippen LogP contribution in [0.25, 0.3) is 10.9 Å². The van der Waals surface area contributed by atoms with Gasteiger partial charge in [0.2, 0.25) is 0 Å². The van der Waals surface area contributed by atoms with Crippen molar-refractivity contribution in [3.8, 4) is 11.5 Å². The van der Waals surface area contributed by atoms with E-state index in [-0.39, 0.29) is 11.5 Å². The first-order chi connectivity index (χ1) is 8.06. The Hall–Kier alpha value is -2.30. The molecule has 0 bridgehead atoms. The summed E-state index contributed by atoms with van der Waals surface area (Å²) in [5.41, 5.74) is 0.803. The normalized spacial score (nSPS) is 10.2. The van der Waals surface area contributed by atoms with Gasteiger partial charge in [-0.15, -0.1) is 0 Å². The number of hydrogen-bond acceptors (Lipinski definition) is 4. The Morgan fingerprint density at radius 2 is 1.65 bits per heavy atom. The van der Waals surface area contributed by atoms with Gasteiger partial charge in [-0.05, 0) is 12.1 Å². The van der Waals surface area contributed by atoms with Crippen molar-refractivity contribution in [3.63, 3.8) is 0 Å². The van der Waals surface area contributed by atoms with Crippen molar-refractivity contribution in [3.05, 3.63) is 24.4 Å². The van der Waals surface area contributed by atoms with Gasteiger partial charge in [-0.25, -0.2) is 0 Å². The molecule has 0 unspecified atom stereocenters. The summed E-state index contributed by atoms with van der Waals surface area (Å²) in [7, 11) is 0. The van der Waals surface area contributed by atoms with Crippen molar-refractivity contribution in [2.45, 2.75) is 13.8 Å². The Kier molecular flexibility index (Phi) is 2.82. The number of esters is 2. The number of nitrogens with one attached hydrogen (secondary N) is 1. The third-order valence-electron chi connectivity index (χ3n) is 2.12. The molecule has 0 radical (unpaired) electrons. The number of carbonyl (C=O) groups is 2. The van der Waals surface area contributed by atoms with Gasteiger partial charge in [-0.2, -0.15) is 0 Å². The lowest BCUT2D eigenvalue weighted by Crippen LogP contribution is -2.07. The molecule has 5 nitrogen and oxygen atoms in total. The average Bonchev–Trinajstić information content (AvgIpc) is 2.63. The Bertz CT molecular complexity index is 535. The van der Waals surface area contributed by atoms with E-state index >= 15 is 0 Å². The van der Waals surface area contributed by atoms with E-state index in [1.165, 1.54) is 13.8 Å². The van der Waals surface area contributed by atoms with Crippen molar-refractivity contribution in [1.82, 2.24) is 4.98 Å². The molecule has 1 aromatic carbocycles. The van der Waals surface area contributed by atoms with Crippen molar-refractivity contribution < 1.29 is 19.1 Å². The quantitative estimate of drug-likeness (QED) is 0.636. The minimum absolute atomic E-state index is 0.225. The molecule has 1 N–H and O–H groups in total. The van der Waals surface area contributed by atoms with Crippen molar-refractivity contribution in [1.29, 1.82) is 0 Å². The van der Waals surface area contributed by atoms with Crippen LogP contribution in [-0.2, 0) is 9.59 Å². The van der Waals surface area contributed by atoms with Crippen LogP contribution in [0, 0.1) is 0 Å². The molecule has 2 aromatic rings. The van der Waals surface area contributed by atoms with E-state index in [0.717, 1.165) is 10.9 Å². The lowest BCUT2D eigenvalue weighted by atomic mass is 10.2. The topological polar surface area (TPSA) is 68.4 Å². The zero-order valence-corrected chi connectivity index (χ0v) is 9.44. The molecule has 0 aliphatic heterocycles. The lowest BCUT2D eigenvalue weighted by Gasteiger charge is -2.08. The fourth-order valence-corrected chi connectivity index (χ4v) is 1.53. The molecule has 17 heavy (non-hydrogen) atoms. The Morgan fingerprint density at radius 1 is 1.06 bits per heavy atom. The number of aromatic nitrogens is 1. The van der Waals surface area contributed by atoms with Crippen LogP contribution < -0.4 is 9.47 Å². The molecule has 0 saturated carbocycles. The summed E-state index contributed by atoms with van der Waals surface area (Å²) in [6, 6.07) is 5.10. The van der Waals surface area contributed by atoms with Crippen LogP contribution in [0.4, 0.5) is 0 Å². The van der Waals surface area contributed by atoms with Crippen LogP contribution >= 0.6 is 0 Å². The lowest BCUT2D eigenvalue weighted by molar-refractivity contribution is -0.134. The van der Waals surface area contributed by atoms with E-state index in [0.29, 0.717) is 0 Å². The third kappa shape index (κ3) is 2.44. The maximum Gasteiger partial charge on any atom is 0.308 e. The summed E-state index contributed by atoms with van der Waals surface area (Å²) in [6.45, 7) is 2.58. The summed E-state index contributed by atoms with van der Waals surface area (Å²) in [4.78, 5) is 24.9. The van der Waals surface area contributed by atoms with Crippen LogP contribution in [0.5, 0.6) is 11.5 Å². The Balaban J connectivity index is 2.50. The second-order valence-electron chi connectivity index (χ2n) is 3.55. The van der Waals surface area contributed by atoms with Crippen LogP contribution in [-0.4, -0.2) is 16.9 Å². The first-order valence-electron chi connectivity index (χ1n) is 5.04. The van der Waals surface area contributed by atoms with Gasteiger partial charge in [-0.1, -0.05) is 0 Å². The number of hydrogen-bond donors (Lipinski definition) is 1. The molecule has 0 saturated heterocycles. The smallest absolute Gasteiger partial charge is 0.308 e. The molecule has 0 atom stereocenters. The zero-order chi connectivity index (χ0) is 12.4. The molecule has 5 heteroatoms. The van der Waals surface area contributed by atoms with Crippen LogP contribution in [0.1, 0.15) is 13.8 Å². The second kappa shape index (κ2) is 4.29. The number of ether oxygens (including phenoxy) is 2. The van der Waals surface area contributed by atoms with Crippen molar-refractivity contribution in [2.24, 2.45) is 0 Å². The monoisotopic (exact) mass is 233 g/mol. The van der Waals surface area contributed by atoms with E-state index in [4.69, 9.17) is 9.47 Å². The largest absolute Gasteiger partial charge is 0.423 e. The zero-order valence-electron chi connectivity index (χ0n) is 9.44. The van der Waals surface area contributed by atoms with Gasteiger partial charge in [0.05, 0.1) is 0 Å². The fraction of sp³-hybridized carbons (Fsp3) is 0.167. The summed E-state index contributed by atoms with van der Waals surface area (Å²) in [6.07, 6.45) is 1.75. The molecule has 2 rings (SSSR count). The number of benzene rings is 1. The first kappa shape index (κ1) is 11.2. The minimum atomic E-state index is -0.468. The van der Waals surface area contributed by atoms with Gasteiger partial charge < -0.3 is 14.5 Å². The highest BCUT2D eigenvalue weighted by Crippen LogP contribution is 2.32. The summed E-state index contributed by atoms with van der Waals surface area (Å²) >= 11 is 0. The molecule has 0 spiro atoms. The minimum Gasteiger partial charge on any atom is -0.423 e. The number of H-pyrrole nitrogens is 1. The van der Waals surface area contributed by atoms with E-state index in [1.54, 1.807) is 18.3 Å². The van der Waals surface area contributed by atoms with Crippen LogP contribution in [0.2, 0.25) is 0 Å². The molecular formula is C12H11NO4. The summed E-state index contributed by atoms with van der Waals surface area (Å²) < 4.78 is 9.98. The number of carbonyl (C=O) groups excluding carboxylic acids is 2. The van der Waals surface area contributed by atoms with Gasteiger partial charge in [-0.3, -0.25) is 9.59 Å². The number of aromatic amines is 1. The highest BCUT2D eigenvalue weighted by molar-refractivity contribution is 5.86. The molecule has 1 heterocycles. The van der Waals surface area contributed by atoms with E-state index in [9.17, 15) is 9.59 Å². The van der Waals surface area contributed by atoms with Gasteiger partial charge in [0, 0.05) is 37.0 Å². The van der Waals surface area contributed by atoms with E-state index < -0.39 is 11.9 Å². The predicted molar refractivity (Wildman–Crippen MR) is 60.9 cm³/mol. The van der Waals surface area contributed by atoms with Crippen LogP contribution in [0.15, 0.2) is 24.4 Å². The highest BCUT2D eigenvalue weighted by atomic mass is 16.6. The molecule has 0 amide bonds. The maximum absolute atomic E-state index is 11.0. The first-order valence-corrected chi connectivity index (χ1v) is 5.04. The van der Waals surface area contributed by atoms with E-state index in [2.05, 4.69) is 4.98 Å². The Morgan fingerprint density at radius 3 is 2.24 bits per heavy atom. The van der Waals surface area contributed by atoms with Gasteiger partial charge in [0.15, 0.2) is 11.5 Å². The van der Waals surface area contributed by atoms with Crippen LogP contribution in [0.3, 0.4) is 0 Å². The maximum atomic E-state index is 11.0. The Labute approximate surface area is 97.3 Å².